The van der Waals surface area contributed by atoms with Crippen LogP contribution in [-0.2, 0) is 0 Å². The molecule has 0 spiro atoms. The summed E-state index contributed by atoms with van der Waals surface area (Å²) < 4.78 is 0. The van der Waals surface area contributed by atoms with Gasteiger partial charge in [-0.3, -0.25) is 0 Å². The largest absolute Gasteiger partial charge is 0.399 e. The molecule has 2 N–H and O–H groups in total. The first-order valence-electron chi connectivity index (χ1n) is 6.38. The minimum Gasteiger partial charge on any atom is -0.399 e. The van der Waals surface area contributed by atoms with Gasteiger partial charge in [0.25, 0.3) is 0 Å². The summed E-state index contributed by atoms with van der Waals surface area (Å²) in [5.41, 5.74) is 7.90. The lowest BCUT2D eigenvalue weighted by molar-refractivity contribution is 0.649. The Morgan fingerprint density at radius 1 is 1.12 bits per heavy atom. The Hall–Kier alpha value is -1.18. The van der Waals surface area contributed by atoms with Gasteiger partial charge in [-0.1, -0.05) is 32.3 Å². The van der Waals surface area contributed by atoms with Crippen molar-refractivity contribution in [3.8, 4) is 0 Å². The molecule has 0 aliphatic rings. The first-order valence-corrected chi connectivity index (χ1v) is 6.38. The molecular weight excluding hydrogens is 196 g/mol. The molecule has 0 aliphatic heterocycles. The lowest BCUT2D eigenvalue weighted by Gasteiger charge is -2.23. The average molecular weight is 220 g/mol. The molecule has 90 valence electrons. The summed E-state index contributed by atoms with van der Waals surface area (Å²) in [4.78, 5) is 2.39. The van der Waals surface area contributed by atoms with E-state index in [9.17, 15) is 0 Å². The Morgan fingerprint density at radius 2 is 1.94 bits per heavy atom. The van der Waals surface area contributed by atoms with Crippen LogP contribution in [-0.4, -0.2) is 13.1 Å². The molecule has 0 bridgehead atoms. The van der Waals surface area contributed by atoms with Gasteiger partial charge >= 0.3 is 0 Å². The number of nitrogens with zero attached hydrogens (tertiary/aromatic N) is 1. The van der Waals surface area contributed by atoms with Crippen LogP contribution in [0, 0.1) is 0 Å². The van der Waals surface area contributed by atoms with Crippen molar-refractivity contribution in [1.29, 1.82) is 0 Å². The minimum absolute atomic E-state index is 0.851. The van der Waals surface area contributed by atoms with Gasteiger partial charge in [0, 0.05) is 24.5 Å². The van der Waals surface area contributed by atoms with Crippen LogP contribution in [0.3, 0.4) is 0 Å². The molecule has 0 atom stereocenters. The SMILES string of the molecule is CCCCCCN(CC)c1cccc(N)c1. The Balaban J connectivity index is 2.47. The number of nitrogen functional groups attached to an aromatic ring is 1. The Bertz CT molecular complexity index is 297. The summed E-state index contributed by atoms with van der Waals surface area (Å²) >= 11 is 0. The number of benzene rings is 1. The number of rotatable bonds is 7. The summed E-state index contributed by atoms with van der Waals surface area (Å²) in [5, 5.41) is 0. The van der Waals surface area contributed by atoms with Gasteiger partial charge in [0.05, 0.1) is 0 Å². The fraction of sp³-hybridized carbons (Fsp3) is 0.571. The topological polar surface area (TPSA) is 29.3 Å². The second kappa shape index (κ2) is 7.15. The zero-order valence-electron chi connectivity index (χ0n) is 10.6. The van der Waals surface area contributed by atoms with Crippen molar-refractivity contribution in [2.24, 2.45) is 0 Å². The highest BCUT2D eigenvalue weighted by Gasteiger charge is 2.03. The van der Waals surface area contributed by atoms with Gasteiger partial charge in [-0.15, -0.1) is 0 Å². The maximum absolute atomic E-state index is 5.80. The van der Waals surface area contributed by atoms with Crippen LogP contribution >= 0.6 is 0 Å². The quantitative estimate of drug-likeness (QED) is 0.561. The van der Waals surface area contributed by atoms with E-state index >= 15 is 0 Å². The van der Waals surface area contributed by atoms with Crippen LogP contribution in [0.15, 0.2) is 24.3 Å². The van der Waals surface area contributed by atoms with Crippen LogP contribution in [0.25, 0.3) is 0 Å². The molecule has 16 heavy (non-hydrogen) atoms. The number of anilines is 2. The molecule has 0 fully saturated rings. The molecular formula is C14H24N2. The standard InChI is InChI=1S/C14H24N2/c1-3-5-6-7-11-16(4-2)14-10-8-9-13(15)12-14/h8-10,12H,3-7,11,15H2,1-2H3. The predicted octanol–water partition coefficient (Wildman–Crippen LogP) is 3.68. The van der Waals surface area contributed by atoms with E-state index in [0.717, 1.165) is 18.8 Å². The van der Waals surface area contributed by atoms with Crippen molar-refractivity contribution in [2.45, 2.75) is 39.5 Å². The Labute approximate surface area is 99.5 Å². The van der Waals surface area contributed by atoms with E-state index < -0.39 is 0 Å². The monoisotopic (exact) mass is 220 g/mol. The highest BCUT2D eigenvalue weighted by Crippen LogP contribution is 2.18. The summed E-state index contributed by atoms with van der Waals surface area (Å²) in [6.07, 6.45) is 5.24. The predicted molar refractivity (Wildman–Crippen MR) is 72.9 cm³/mol. The second-order valence-corrected chi connectivity index (χ2v) is 4.24. The third-order valence-corrected chi connectivity index (χ3v) is 2.90. The van der Waals surface area contributed by atoms with E-state index in [2.05, 4.69) is 30.9 Å². The van der Waals surface area contributed by atoms with Crippen molar-refractivity contribution in [1.82, 2.24) is 0 Å². The number of hydrogen-bond donors (Lipinski definition) is 1. The molecule has 0 unspecified atom stereocenters. The van der Waals surface area contributed by atoms with E-state index in [1.807, 2.05) is 12.1 Å². The summed E-state index contributed by atoms with van der Waals surface area (Å²) in [6, 6.07) is 8.16. The zero-order chi connectivity index (χ0) is 11.8. The van der Waals surface area contributed by atoms with Crippen LogP contribution in [0.4, 0.5) is 11.4 Å². The van der Waals surface area contributed by atoms with Crippen LogP contribution in [0.2, 0.25) is 0 Å². The van der Waals surface area contributed by atoms with Crippen LogP contribution in [0.5, 0.6) is 0 Å². The van der Waals surface area contributed by atoms with E-state index in [1.165, 1.54) is 31.4 Å². The zero-order valence-corrected chi connectivity index (χ0v) is 10.6. The molecule has 2 heteroatoms. The number of nitrogens with two attached hydrogens (primary N) is 1. The van der Waals surface area contributed by atoms with Gasteiger partial charge in [0.15, 0.2) is 0 Å². The van der Waals surface area contributed by atoms with Crippen molar-refractivity contribution in [2.75, 3.05) is 23.7 Å². The van der Waals surface area contributed by atoms with Gasteiger partial charge in [0.1, 0.15) is 0 Å². The normalized spacial score (nSPS) is 10.4. The highest BCUT2D eigenvalue weighted by molar-refractivity contribution is 5.55. The maximum Gasteiger partial charge on any atom is 0.0386 e. The van der Waals surface area contributed by atoms with Crippen LogP contribution in [0.1, 0.15) is 39.5 Å². The van der Waals surface area contributed by atoms with Gasteiger partial charge < -0.3 is 10.6 Å². The van der Waals surface area contributed by atoms with Crippen molar-refractivity contribution in [3.05, 3.63) is 24.3 Å². The number of unbranched alkanes of at least 4 members (excludes halogenated alkanes) is 3. The first-order chi connectivity index (χ1) is 7.77. The van der Waals surface area contributed by atoms with Crippen molar-refractivity contribution >= 4 is 11.4 Å². The van der Waals surface area contributed by atoms with E-state index in [0.29, 0.717) is 0 Å². The summed E-state index contributed by atoms with van der Waals surface area (Å²) in [6.45, 7) is 6.63. The van der Waals surface area contributed by atoms with E-state index in [4.69, 9.17) is 5.73 Å². The maximum atomic E-state index is 5.80. The van der Waals surface area contributed by atoms with Gasteiger partial charge in [-0.05, 0) is 31.5 Å². The Kier molecular flexibility index (Phi) is 5.76. The van der Waals surface area contributed by atoms with Gasteiger partial charge in [-0.25, -0.2) is 0 Å². The molecule has 0 aliphatic carbocycles. The molecule has 1 aromatic carbocycles. The molecule has 2 nitrogen and oxygen atoms in total. The summed E-state index contributed by atoms with van der Waals surface area (Å²) in [5.74, 6) is 0. The molecule has 0 saturated heterocycles. The summed E-state index contributed by atoms with van der Waals surface area (Å²) in [7, 11) is 0. The second-order valence-electron chi connectivity index (χ2n) is 4.24. The lowest BCUT2D eigenvalue weighted by Crippen LogP contribution is -2.23. The third-order valence-electron chi connectivity index (χ3n) is 2.90. The van der Waals surface area contributed by atoms with Gasteiger partial charge in [0.2, 0.25) is 0 Å². The molecule has 1 rings (SSSR count). The highest BCUT2D eigenvalue weighted by atomic mass is 15.1. The average Bonchev–Trinajstić information content (AvgIpc) is 2.29. The Morgan fingerprint density at radius 3 is 2.56 bits per heavy atom. The molecule has 0 radical (unpaired) electrons. The van der Waals surface area contributed by atoms with Gasteiger partial charge in [-0.2, -0.15) is 0 Å². The third kappa shape index (κ3) is 4.13. The lowest BCUT2D eigenvalue weighted by atomic mass is 10.2. The van der Waals surface area contributed by atoms with E-state index in [1.54, 1.807) is 0 Å². The first kappa shape index (κ1) is 12.9. The van der Waals surface area contributed by atoms with Crippen molar-refractivity contribution < 1.29 is 0 Å². The molecule has 1 aromatic rings. The molecule has 0 aromatic heterocycles. The van der Waals surface area contributed by atoms with Crippen molar-refractivity contribution in [3.63, 3.8) is 0 Å². The fourth-order valence-corrected chi connectivity index (χ4v) is 1.92. The van der Waals surface area contributed by atoms with Crippen LogP contribution < -0.4 is 10.6 Å². The van der Waals surface area contributed by atoms with E-state index in [-0.39, 0.29) is 0 Å². The fourth-order valence-electron chi connectivity index (χ4n) is 1.92. The minimum atomic E-state index is 0.851. The smallest absolute Gasteiger partial charge is 0.0386 e. The number of hydrogen-bond acceptors (Lipinski definition) is 2. The molecule has 0 saturated carbocycles. The molecule has 0 amide bonds. The molecule has 0 heterocycles.